The van der Waals surface area contributed by atoms with Crippen molar-refractivity contribution in [2.45, 2.75) is 24.8 Å². The van der Waals surface area contributed by atoms with Crippen LogP contribution in [0.25, 0.3) is 0 Å². The topological polar surface area (TPSA) is 101 Å². The number of benzene rings is 1. The number of anilines is 1. The summed E-state index contributed by atoms with van der Waals surface area (Å²) in [6.07, 6.45) is 0. The third-order valence-corrected chi connectivity index (χ3v) is 4.25. The number of rotatable bonds is 5. The van der Waals surface area contributed by atoms with E-state index in [1.807, 2.05) is 0 Å². The van der Waals surface area contributed by atoms with E-state index in [9.17, 15) is 17.6 Å². The van der Waals surface area contributed by atoms with E-state index in [2.05, 4.69) is 10.0 Å². The fourth-order valence-corrected chi connectivity index (χ4v) is 3.01. The van der Waals surface area contributed by atoms with Gasteiger partial charge in [0.2, 0.25) is 15.9 Å². The van der Waals surface area contributed by atoms with Crippen LogP contribution in [0.15, 0.2) is 17.0 Å². The molecule has 0 spiro atoms. The van der Waals surface area contributed by atoms with Gasteiger partial charge in [-0.15, -0.1) is 0 Å². The molecule has 112 valence electrons. The van der Waals surface area contributed by atoms with Crippen molar-refractivity contribution in [3.05, 3.63) is 23.0 Å². The fraction of sp³-hybridized carbons (Fsp3) is 0.364. The van der Waals surface area contributed by atoms with E-state index in [4.69, 9.17) is 17.3 Å². The Morgan fingerprint density at radius 1 is 1.50 bits per heavy atom. The molecule has 0 aliphatic carbocycles. The van der Waals surface area contributed by atoms with Crippen molar-refractivity contribution in [3.8, 4) is 0 Å². The molecule has 6 nitrogen and oxygen atoms in total. The average Bonchev–Trinajstić information content (AvgIpc) is 2.31. The summed E-state index contributed by atoms with van der Waals surface area (Å²) in [5.41, 5.74) is 5.31. The maximum absolute atomic E-state index is 13.9. The lowest BCUT2D eigenvalue weighted by atomic mass is 10.3. The smallest absolute Gasteiger partial charge is 0.243 e. The molecule has 0 aromatic heterocycles. The summed E-state index contributed by atoms with van der Waals surface area (Å²) in [6.45, 7) is 2.84. The normalized spacial score (nSPS) is 13.1. The highest BCUT2D eigenvalue weighted by Crippen LogP contribution is 2.28. The van der Waals surface area contributed by atoms with Crippen molar-refractivity contribution in [2.75, 3.05) is 11.9 Å². The van der Waals surface area contributed by atoms with Gasteiger partial charge in [-0.25, -0.2) is 17.5 Å². The summed E-state index contributed by atoms with van der Waals surface area (Å²) < 4.78 is 40.0. The molecule has 0 unspecified atom stereocenters. The van der Waals surface area contributed by atoms with E-state index in [1.54, 1.807) is 6.92 Å². The molecular weight excluding hydrogens is 309 g/mol. The standard InChI is InChI=1S/C11H15ClFN3O3S/c1-6(5-14)16-20(18,19)11-3-8(12)10(4-9(11)13)15-7(2)17/h3-4,6,16H,5,14H2,1-2H3,(H,15,17)/t6-/m0/s1. The van der Waals surface area contributed by atoms with Crippen molar-refractivity contribution in [1.82, 2.24) is 4.72 Å². The van der Waals surface area contributed by atoms with E-state index in [-0.39, 0.29) is 17.3 Å². The molecule has 0 saturated carbocycles. The lowest BCUT2D eigenvalue weighted by Gasteiger charge is -2.14. The molecule has 20 heavy (non-hydrogen) atoms. The van der Waals surface area contributed by atoms with Gasteiger partial charge in [0.15, 0.2) is 0 Å². The molecule has 0 aliphatic heterocycles. The molecule has 0 radical (unpaired) electrons. The summed E-state index contributed by atoms with van der Waals surface area (Å²) in [5.74, 6) is -1.47. The Bertz CT molecular complexity index is 622. The monoisotopic (exact) mass is 323 g/mol. The fourth-order valence-electron chi connectivity index (χ4n) is 1.40. The highest BCUT2D eigenvalue weighted by Gasteiger charge is 2.23. The molecule has 0 bridgehead atoms. The number of carbonyl (C=O) groups is 1. The van der Waals surface area contributed by atoms with Crippen LogP contribution in [0.4, 0.5) is 10.1 Å². The van der Waals surface area contributed by atoms with Crippen LogP contribution in [0, 0.1) is 5.82 Å². The molecule has 1 aromatic carbocycles. The second-order valence-electron chi connectivity index (χ2n) is 4.20. The molecule has 1 rings (SSSR count). The Labute approximate surface area is 121 Å². The molecule has 1 amide bonds. The molecule has 1 atom stereocenters. The van der Waals surface area contributed by atoms with Gasteiger partial charge in [0.1, 0.15) is 10.7 Å². The van der Waals surface area contributed by atoms with E-state index in [0.717, 1.165) is 12.1 Å². The predicted octanol–water partition coefficient (Wildman–Crippen LogP) is 1.06. The number of amides is 1. The first kappa shape index (κ1) is 16.8. The summed E-state index contributed by atoms with van der Waals surface area (Å²) in [7, 11) is -4.07. The Hall–Kier alpha value is -1.22. The zero-order valence-electron chi connectivity index (χ0n) is 10.9. The molecule has 0 fully saturated rings. The quantitative estimate of drug-likeness (QED) is 0.754. The van der Waals surface area contributed by atoms with Gasteiger partial charge in [0.25, 0.3) is 0 Å². The van der Waals surface area contributed by atoms with Gasteiger partial charge < -0.3 is 11.1 Å². The van der Waals surface area contributed by atoms with Crippen LogP contribution in [0.5, 0.6) is 0 Å². The van der Waals surface area contributed by atoms with Gasteiger partial charge in [-0.1, -0.05) is 11.6 Å². The number of halogens is 2. The van der Waals surface area contributed by atoms with Crippen molar-refractivity contribution in [2.24, 2.45) is 5.73 Å². The number of nitrogens with two attached hydrogens (primary N) is 1. The Morgan fingerprint density at radius 3 is 2.60 bits per heavy atom. The minimum absolute atomic E-state index is 0.00231. The van der Waals surface area contributed by atoms with Gasteiger partial charge in [0.05, 0.1) is 10.7 Å². The van der Waals surface area contributed by atoms with E-state index < -0.39 is 32.7 Å². The third kappa shape index (κ3) is 4.14. The molecule has 0 saturated heterocycles. The maximum atomic E-state index is 13.9. The first-order chi connectivity index (χ1) is 9.17. The third-order valence-electron chi connectivity index (χ3n) is 2.33. The van der Waals surface area contributed by atoms with Gasteiger partial charge in [-0.05, 0) is 13.0 Å². The highest BCUT2D eigenvalue weighted by atomic mass is 35.5. The van der Waals surface area contributed by atoms with Crippen molar-refractivity contribution < 1.29 is 17.6 Å². The minimum Gasteiger partial charge on any atom is -0.329 e. The largest absolute Gasteiger partial charge is 0.329 e. The second kappa shape index (κ2) is 6.49. The van der Waals surface area contributed by atoms with Crippen LogP contribution in [-0.4, -0.2) is 26.9 Å². The Kier molecular flexibility index (Phi) is 5.46. The van der Waals surface area contributed by atoms with Crippen LogP contribution in [0.3, 0.4) is 0 Å². The minimum atomic E-state index is -4.07. The number of carbonyl (C=O) groups excluding carboxylic acids is 1. The molecule has 1 aromatic rings. The van der Waals surface area contributed by atoms with Crippen molar-refractivity contribution in [3.63, 3.8) is 0 Å². The molecular formula is C11H15ClFN3O3S. The second-order valence-corrected chi connectivity index (χ2v) is 6.29. The Morgan fingerprint density at radius 2 is 2.10 bits per heavy atom. The molecule has 9 heteroatoms. The SMILES string of the molecule is CC(=O)Nc1cc(F)c(S(=O)(=O)N[C@@H](C)CN)cc1Cl. The first-order valence-corrected chi connectivity index (χ1v) is 7.52. The number of hydrogen-bond acceptors (Lipinski definition) is 4. The van der Waals surface area contributed by atoms with Crippen molar-refractivity contribution >= 4 is 33.2 Å². The first-order valence-electron chi connectivity index (χ1n) is 5.66. The van der Waals surface area contributed by atoms with Gasteiger partial charge in [-0.2, -0.15) is 0 Å². The highest BCUT2D eigenvalue weighted by molar-refractivity contribution is 7.89. The van der Waals surface area contributed by atoms with Gasteiger partial charge in [0, 0.05) is 25.6 Å². The molecule has 4 N–H and O–H groups in total. The summed E-state index contributed by atoms with van der Waals surface area (Å²) in [4.78, 5) is 10.3. The predicted molar refractivity (Wildman–Crippen MR) is 74.6 cm³/mol. The zero-order chi connectivity index (χ0) is 15.5. The van der Waals surface area contributed by atoms with Crippen LogP contribution >= 0.6 is 11.6 Å². The summed E-state index contributed by atoms with van der Waals surface area (Å²) in [5, 5.41) is 2.22. The summed E-state index contributed by atoms with van der Waals surface area (Å²) >= 11 is 5.82. The van der Waals surface area contributed by atoms with E-state index >= 15 is 0 Å². The molecule has 0 heterocycles. The maximum Gasteiger partial charge on any atom is 0.243 e. The number of sulfonamides is 1. The van der Waals surface area contributed by atoms with Gasteiger partial charge >= 0.3 is 0 Å². The van der Waals surface area contributed by atoms with Crippen LogP contribution < -0.4 is 15.8 Å². The van der Waals surface area contributed by atoms with Gasteiger partial charge in [-0.3, -0.25) is 4.79 Å². The lowest BCUT2D eigenvalue weighted by molar-refractivity contribution is -0.114. The lowest BCUT2D eigenvalue weighted by Crippen LogP contribution is -2.38. The number of nitrogens with one attached hydrogen (secondary N) is 2. The van der Waals surface area contributed by atoms with Crippen molar-refractivity contribution in [1.29, 1.82) is 0 Å². The summed E-state index contributed by atoms with van der Waals surface area (Å²) in [6, 6.07) is 1.24. The zero-order valence-corrected chi connectivity index (χ0v) is 12.5. The van der Waals surface area contributed by atoms with E-state index in [1.165, 1.54) is 6.92 Å². The average molecular weight is 324 g/mol. The molecule has 0 aliphatic rings. The van der Waals surface area contributed by atoms with E-state index in [0.29, 0.717) is 0 Å². The van der Waals surface area contributed by atoms with Crippen LogP contribution in [0.2, 0.25) is 5.02 Å². The number of hydrogen-bond donors (Lipinski definition) is 3. The van der Waals surface area contributed by atoms with Crippen LogP contribution in [0.1, 0.15) is 13.8 Å². The Balaban J connectivity index is 3.21. The van der Waals surface area contributed by atoms with Crippen LogP contribution in [-0.2, 0) is 14.8 Å².